The number of halogens is 6. The molecule has 0 saturated heterocycles. The third-order valence-electron chi connectivity index (χ3n) is 7.43. The topological polar surface area (TPSA) is 68.5 Å². The molecule has 0 unspecified atom stereocenters. The number of hydrogen-bond donors (Lipinski definition) is 2. The van der Waals surface area contributed by atoms with Gasteiger partial charge in [-0.25, -0.2) is 0 Å². The molecule has 6 aromatic rings. The van der Waals surface area contributed by atoms with E-state index in [4.69, 9.17) is 42.1 Å². The van der Waals surface area contributed by atoms with Crippen LogP contribution in [0.2, 0.25) is 10.0 Å². The Labute approximate surface area is 296 Å². The molecule has 2 heterocycles. The van der Waals surface area contributed by atoms with Crippen LogP contribution >= 0.6 is 86.9 Å². The summed E-state index contributed by atoms with van der Waals surface area (Å²) in [4.78, 5) is 7.27. The molecule has 6 nitrogen and oxygen atoms in total. The predicted molar refractivity (Wildman–Crippen MR) is 193 cm³/mol. The number of H-pyrrole nitrogens is 2. The fraction of sp³-hybridized carbons (Fsp3) is 0.125. The van der Waals surface area contributed by atoms with Crippen molar-refractivity contribution >= 4 is 109 Å². The van der Waals surface area contributed by atoms with Crippen molar-refractivity contribution in [3.8, 4) is 56.5 Å². The van der Waals surface area contributed by atoms with E-state index in [1.165, 1.54) is 0 Å². The van der Waals surface area contributed by atoms with Crippen molar-refractivity contribution in [1.82, 2.24) is 9.97 Å². The van der Waals surface area contributed by atoms with Gasteiger partial charge in [-0.3, -0.25) is 0 Å². The lowest BCUT2D eigenvalue weighted by atomic mass is 9.94. The van der Waals surface area contributed by atoms with E-state index in [-0.39, 0.29) is 0 Å². The van der Waals surface area contributed by atoms with Crippen molar-refractivity contribution in [3.05, 3.63) is 76.6 Å². The third-order valence-corrected chi connectivity index (χ3v) is 10.7. The minimum atomic E-state index is 0.564. The molecule has 0 saturated carbocycles. The molecule has 4 aromatic carbocycles. The zero-order valence-electron chi connectivity index (χ0n) is 23.5. The normalized spacial score (nSPS) is 11.4. The molecule has 0 fully saturated rings. The van der Waals surface area contributed by atoms with Crippen LogP contribution in [0, 0.1) is 0 Å². The first-order valence-corrected chi connectivity index (χ1v) is 16.9. The largest absolute Gasteiger partial charge is 0.495 e. The molecule has 2 N–H and O–H groups in total. The molecule has 0 aliphatic rings. The fourth-order valence-electron chi connectivity index (χ4n) is 5.61. The van der Waals surface area contributed by atoms with Gasteiger partial charge >= 0.3 is 0 Å². The van der Waals surface area contributed by atoms with Crippen molar-refractivity contribution in [2.45, 2.75) is 0 Å². The van der Waals surface area contributed by atoms with Gasteiger partial charge in [-0.15, -0.1) is 0 Å². The number of aromatic nitrogens is 2. The van der Waals surface area contributed by atoms with Crippen LogP contribution in [-0.2, 0) is 0 Å². The van der Waals surface area contributed by atoms with Crippen LogP contribution in [-0.4, -0.2) is 38.4 Å². The summed E-state index contributed by atoms with van der Waals surface area (Å²) < 4.78 is 26.7. The van der Waals surface area contributed by atoms with Crippen molar-refractivity contribution < 1.29 is 18.9 Å². The highest BCUT2D eigenvalue weighted by Gasteiger charge is 2.32. The van der Waals surface area contributed by atoms with Crippen LogP contribution in [0.1, 0.15) is 0 Å². The van der Waals surface area contributed by atoms with Gasteiger partial charge in [0.25, 0.3) is 0 Å². The number of rotatable bonds is 7. The summed E-state index contributed by atoms with van der Waals surface area (Å²) in [5.74, 6) is 2.36. The molecule has 2 aromatic heterocycles. The molecule has 0 atom stereocenters. The first-order chi connectivity index (χ1) is 21.2. The van der Waals surface area contributed by atoms with E-state index in [0.717, 1.165) is 64.4 Å². The maximum absolute atomic E-state index is 6.34. The molecular formula is C32H22Br4Cl2N2O4. The number of fused-ring (bicyclic) bond motifs is 2. The number of aromatic amines is 2. The summed E-state index contributed by atoms with van der Waals surface area (Å²) in [6.07, 6.45) is 0. The lowest BCUT2D eigenvalue weighted by Crippen LogP contribution is -1.97. The molecule has 0 aliphatic carbocycles. The second-order valence-corrected chi connectivity index (χ2v) is 13.7. The SMILES string of the molecule is COc1c(Br)c(OC)c2c(-c3ccc(Cl)cc3)c(-c3c(OC)c(Br)c(OC)c4c(-c5ccc(Cl)cc5)c(Br)[nH]c34)[nH]c2c1Br. The molecule has 6 rings (SSSR count). The quantitative estimate of drug-likeness (QED) is 0.168. The summed E-state index contributed by atoms with van der Waals surface area (Å²) >= 11 is 27.7. The van der Waals surface area contributed by atoms with E-state index < -0.39 is 0 Å². The number of benzene rings is 4. The highest BCUT2D eigenvalue weighted by molar-refractivity contribution is 9.11. The van der Waals surface area contributed by atoms with Crippen molar-refractivity contribution in [3.63, 3.8) is 0 Å². The molecule has 0 bridgehead atoms. The van der Waals surface area contributed by atoms with Crippen LogP contribution in [0.15, 0.2) is 66.6 Å². The van der Waals surface area contributed by atoms with Crippen molar-refractivity contribution in [1.29, 1.82) is 0 Å². The minimum absolute atomic E-state index is 0.564. The van der Waals surface area contributed by atoms with Gasteiger partial charge in [-0.2, -0.15) is 0 Å². The second kappa shape index (κ2) is 12.5. The van der Waals surface area contributed by atoms with Gasteiger partial charge < -0.3 is 28.9 Å². The lowest BCUT2D eigenvalue weighted by Gasteiger charge is -2.17. The number of methoxy groups -OCH3 is 4. The molecule has 226 valence electrons. The zero-order valence-corrected chi connectivity index (χ0v) is 31.4. The number of nitrogens with one attached hydrogen (secondary N) is 2. The monoisotopic (exact) mass is 884 g/mol. The van der Waals surface area contributed by atoms with Gasteiger partial charge in [0.2, 0.25) is 0 Å². The first kappa shape index (κ1) is 31.6. The Balaban J connectivity index is 1.85. The van der Waals surface area contributed by atoms with Crippen molar-refractivity contribution in [2.24, 2.45) is 0 Å². The van der Waals surface area contributed by atoms with Gasteiger partial charge in [0.05, 0.1) is 70.6 Å². The molecule has 0 aliphatic heterocycles. The van der Waals surface area contributed by atoms with Crippen LogP contribution in [0.25, 0.3) is 55.3 Å². The second-order valence-electron chi connectivity index (χ2n) is 9.65. The molecule has 0 amide bonds. The zero-order chi connectivity index (χ0) is 31.4. The van der Waals surface area contributed by atoms with E-state index in [1.54, 1.807) is 28.4 Å². The van der Waals surface area contributed by atoms with Gasteiger partial charge in [0, 0.05) is 21.2 Å². The van der Waals surface area contributed by atoms with Gasteiger partial charge in [0.15, 0.2) is 5.75 Å². The average Bonchev–Trinajstić information content (AvgIpc) is 3.56. The van der Waals surface area contributed by atoms with Gasteiger partial charge in [-0.05, 0) is 99.1 Å². The van der Waals surface area contributed by atoms with Crippen LogP contribution < -0.4 is 18.9 Å². The highest BCUT2D eigenvalue weighted by Crippen LogP contribution is 2.57. The summed E-state index contributed by atoms with van der Waals surface area (Å²) in [6.45, 7) is 0. The Bertz CT molecular complexity index is 2070. The predicted octanol–water partition coefficient (Wildman–Crippen LogP) is 12.0. The smallest absolute Gasteiger partial charge is 0.153 e. The Kier molecular flexibility index (Phi) is 8.95. The van der Waals surface area contributed by atoms with E-state index in [1.807, 2.05) is 48.5 Å². The Morgan fingerprint density at radius 3 is 1.45 bits per heavy atom. The maximum atomic E-state index is 6.34. The van der Waals surface area contributed by atoms with Crippen LogP contribution in [0.5, 0.6) is 23.0 Å². The Morgan fingerprint density at radius 2 is 0.955 bits per heavy atom. The number of ether oxygens (including phenoxy) is 4. The Hall–Kier alpha value is -2.34. The molecule has 0 spiro atoms. The average molecular weight is 889 g/mol. The third kappa shape index (κ3) is 4.93. The molecule has 12 heteroatoms. The number of hydrogen-bond acceptors (Lipinski definition) is 4. The highest BCUT2D eigenvalue weighted by atomic mass is 79.9. The van der Waals surface area contributed by atoms with E-state index >= 15 is 0 Å². The minimum Gasteiger partial charge on any atom is -0.495 e. The van der Waals surface area contributed by atoms with E-state index in [9.17, 15) is 0 Å². The summed E-state index contributed by atoms with van der Waals surface area (Å²) in [7, 11) is 6.52. The summed E-state index contributed by atoms with van der Waals surface area (Å²) in [5, 5.41) is 2.94. The standard InChI is InChI=1S/C32H22Br4Cl2N2O4/c1-41-28-19-17(13-5-9-15(37)10-6-13)25(39-27(19)22(33)31(44-4)24(28)35)21-26-20(29(42-2)23(34)30(21)43-3)18(32(36)40-26)14-7-11-16(38)12-8-14/h5-12,39-40H,1-4H3. The van der Waals surface area contributed by atoms with Gasteiger partial charge in [-0.1, -0.05) is 47.5 Å². The van der Waals surface area contributed by atoms with Crippen LogP contribution in [0.3, 0.4) is 0 Å². The lowest BCUT2D eigenvalue weighted by molar-refractivity contribution is 0.391. The molecule has 0 radical (unpaired) electrons. The van der Waals surface area contributed by atoms with E-state index in [0.29, 0.717) is 42.0 Å². The maximum Gasteiger partial charge on any atom is 0.153 e. The molecule has 44 heavy (non-hydrogen) atoms. The first-order valence-electron chi connectivity index (χ1n) is 13.0. The summed E-state index contributed by atoms with van der Waals surface area (Å²) in [5.41, 5.74) is 6.71. The Morgan fingerprint density at radius 1 is 0.500 bits per heavy atom. The fourth-order valence-corrected chi connectivity index (χ4v) is 8.85. The van der Waals surface area contributed by atoms with Crippen molar-refractivity contribution in [2.75, 3.05) is 28.4 Å². The van der Waals surface area contributed by atoms with Crippen LogP contribution in [0.4, 0.5) is 0 Å². The molecular weight excluding hydrogens is 867 g/mol. The summed E-state index contributed by atoms with van der Waals surface area (Å²) in [6, 6.07) is 15.3. The van der Waals surface area contributed by atoms with Gasteiger partial charge in [0.1, 0.15) is 26.2 Å². The van der Waals surface area contributed by atoms with E-state index in [2.05, 4.69) is 73.7 Å².